The highest BCUT2D eigenvalue weighted by molar-refractivity contribution is 6.31. The third-order valence-electron chi connectivity index (χ3n) is 4.84. The second-order valence-corrected chi connectivity index (χ2v) is 7.84. The Morgan fingerprint density at radius 3 is 2.35 bits per heavy atom. The minimum atomic E-state index is -0.466. The van der Waals surface area contributed by atoms with E-state index in [4.69, 9.17) is 11.6 Å². The van der Waals surface area contributed by atoms with Gasteiger partial charge in [-0.3, -0.25) is 19.0 Å². The standard InChI is InChI=1S/C24H24ClN3O3/c1-16(2)17-10-12-19(13-11-17)27-22(29)15-28-21(8-5-9-23(28)30)24(31)26-14-18-6-3-4-7-20(18)25/h3-13,16H,14-15H2,1-2H3,(H,26,31)(H,27,29). The SMILES string of the molecule is CC(C)c1ccc(NC(=O)Cn2c(C(=O)NCc3ccccc3Cl)cccc2=O)cc1. The van der Waals surface area contributed by atoms with Crippen molar-refractivity contribution >= 4 is 29.1 Å². The van der Waals surface area contributed by atoms with Crippen molar-refractivity contribution in [1.29, 1.82) is 0 Å². The van der Waals surface area contributed by atoms with E-state index in [0.29, 0.717) is 16.6 Å². The van der Waals surface area contributed by atoms with Gasteiger partial charge in [0.15, 0.2) is 0 Å². The zero-order valence-corrected chi connectivity index (χ0v) is 18.1. The summed E-state index contributed by atoms with van der Waals surface area (Å²) in [5, 5.41) is 6.05. The van der Waals surface area contributed by atoms with Gasteiger partial charge in [0, 0.05) is 23.3 Å². The quantitative estimate of drug-likeness (QED) is 0.581. The van der Waals surface area contributed by atoms with Crippen molar-refractivity contribution in [3.05, 3.63) is 98.9 Å². The van der Waals surface area contributed by atoms with Crippen LogP contribution in [0.15, 0.2) is 71.5 Å². The van der Waals surface area contributed by atoms with Crippen molar-refractivity contribution in [2.24, 2.45) is 0 Å². The molecule has 0 radical (unpaired) electrons. The molecule has 3 aromatic rings. The number of amides is 2. The van der Waals surface area contributed by atoms with E-state index >= 15 is 0 Å². The third kappa shape index (κ3) is 5.83. The monoisotopic (exact) mass is 437 g/mol. The van der Waals surface area contributed by atoms with Gasteiger partial charge in [0.25, 0.3) is 11.5 Å². The minimum absolute atomic E-state index is 0.102. The Kier molecular flexibility index (Phi) is 7.26. The predicted molar refractivity (Wildman–Crippen MR) is 122 cm³/mol. The normalized spacial score (nSPS) is 10.7. The summed E-state index contributed by atoms with van der Waals surface area (Å²) in [6, 6.07) is 19.0. The van der Waals surface area contributed by atoms with Crippen LogP contribution >= 0.6 is 11.6 Å². The summed E-state index contributed by atoms with van der Waals surface area (Å²) in [5.41, 5.74) is 2.21. The first kappa shape index (κ1) is 22.3. The maximum atomic E-state index is 12.7. The van der Waals surface area contributed by atoms with Gasteiger partial charge < -0.3 is 10.6 Å². The number of aromatic nitrogens is 1. The lowest BCUT2D eigenvalue weighted by molar-refractivity contribution is -0.116. The van der Waals surface area contributed by atoms with Gasteiger partial charge in [0.05, 0.1) is 0 Å². The molecule has 0 unspecified atom stereocenters. The first-order valence-corrected chi connectivity index (χ1v) is 10.3. The highest BCUT2D eigenvalue weighted by atomic mass is 35.5. The van der Waals surface area contributed by atoms with Crippen LogP contribution in [0.4, 0.5) is 5.69 Å². The summed E-state index contributed by atoms with van der Waals surface area (Å²) in [6.07, 6.45) is 0. The highest BCUT2D eigenvalue weighted by Gasteiger charge is 2.15. The number of hydrogen-bond acceptors (Lipinski definition) is 3. The molecule has 3 rings (SSSR count). The molecule has 2 amide bonds. The average molecular weight is 438 g/mol. The van der Waals surface area contributed by atoms with Crippen LogP contribution in [0.3, 0.4) is 0 Å². The van der Waals surface area contributed by atoms with Crippen LogP contribution in [0.1, 0.15) is 41.4 Å². The third-order valence-corrected chi connectivity index (χ3v) is 5.21. The summed E-state index contributed by atoms with van der Waals surface area (Å²) in [4.78, 5) is 37.6. The van der Waals surface area contributed by atoms with Gasteiger partial charge in [-0.15, -0.1) is 0 Å². The second-order valence-electron chi connectivity index (χ2n) is 7.43. The van der Waals surface area contributed by atoms with Gasteiger partial charge >= 0.3 is 0 Å². The molecule has 0 atom stereocenters. The maximum absolute atomic E-state index is 12.7. The molecule has 0 aliphatic rings. The van der Waals surface area contributed by atoms with Crippen LogP contribution in [0.5, 0.6) is 0 Å². The number of nitrogens with zero attached hydrogens (tertiary/aromatic N) is 1. The molecule has 0 saturated heterocycles. The summed E-state index contributed by atoms with van der Waals surface area (Å²) in [7, 11) is 0. The van der Waals surface area contributed by atoms with Crippen LogP contribution in [0, 0.1) is 0 Å². The largest absolute Gasteiger partial charge is 0.347 e. The van der Waals surface area contributed by atoms with E-state index < -0.39 is 17.4 Å². The molecule has 0 aliphatic heterocycles. The predicted octanol–water partition coefficient (Wildman–Crippen LogP) is 4.19. The molecular weight excluding hydrogens is 414 g/mol. The molecule has 160 valence electrons. The molecule has 0 spiro atoms. The first-order chi connectivity index (χ1) is 14.8. The van der Waals surface area contributed by atoms with Crippen LogP contribution < -0.4 is 16.2 Å². The van der Waals surface area contributed by atoms with E-state index in [1.807, 2.05) is 30.3 Å². The number of carbonyl (C=O) groups is 2. The lowest BCUT2D eigenvalue weighted by atomic mass is 10.0. The highest BCUT2D eigenvalue weighted by Crippen LogP contribution is 2.17. The fourth-order valence-corrected chi connectivity index (χ4v) is 3.29. The number of benzene rings is 2. The Balaban J connectivity index is 1.71. The van der Waals surface area contributed by atoms with Crippen LogP contribution in [0.25, 0.3) is 0 Å². The molecule has 1 heterocycles. The van der Waals surface area contributed by atoms with Gasteiger partial charge in [0.1, 0.15) is 12.2 Å². The van der Waals surface area contributed by atoms with Crippen molar-refractivity contribution < 1.29 is 9.59 Å². The Labute approximate surface area is 185 Å². The summed E-state index contributed by atoms with van der Waals surface area (Å²) in [5.74, 6) is -0.475. The molecule has 1 aromatic heterocycles. The van der Waals surface area contributed by atoms with Crippen LogP contribution in [0.2, 0.25) is 5.02 Å². The van der Waals surface area contributed by atoms with E-state index in [2.05, 4.69) is 24.5 Å². The Morgan fingerprint density at radius 1 is 0.968 bits per heavy atom. The topological polar surface area (TPSA) is 80.2 Å². The molecule has 6 nitrogen and oxygen atoms in total. The van der Waals surface area contributed by atoms with Crippen molar-refractivity contribution in [2.75, 3.05) is 5.32 Å². The smallest absolute Gasteiger partial charge is 0.268 e. The lowest BCUT2D eigenvalue weighted by Gasteiger charge is -2.13. The number of halogens is 1. The lowest BCUT2D eigenvalue weighted by Crippen LogP contribution is -2.34. The molecule has 31 heavy (non-hydrogen) atoms. The zero-order chi connectivity index (χ0) is 22.4. The molecule has 2 aromatic carbocycles. The number of rotatable bonds is 7. The number of anilines is 1. The summed E-state index contributed by atoms with van der Waals surface area (Å²) in [6.45, 7) is 4.11. The Hall–Kier alpha value is -3.38. The number of carbonyl (C=O) groups excluding carboxylic acids is 2. The first-order valence-electron chi connectivity index (χ1n) is 9.96. The van der Waals surface area contributed by atoms with Gasteiger partial charge in [-0.1, -0.05) is 61.8 Å². The number of pyridine rings is 1. The molecule has 0 fully saturated rings. The van der Waals surface area contributed by atoms with Gasteiger partial charge in [-0.2, -0.15) is 0 Å². The van der Waals surface area contributed by atoms with Crippen LogP contribution in [-0.2, 0) is 17.9 Å². The second kappa shape index (κ2) is 10.1. The Bertz CT molecular complexity index is 1140. The van der Waals surface area contributed by atoms with Crippen molar-refractivity contribution in [1.82, 2.24) is 9.88 Å². The van der Waals surface area contributed by atoms with Crippen molar-refractivity contribution in [3.63, 3.8) is 0 Å². The molecular formula is C24H24ClN3O3. The molecule has 0 saturated carbocycles. The van der Waals surface area contributed by atoms with Gasteiger partial charge in [-0.05, 0) is 41.3 Å². The van der Waals surface area contributed by atoms with Crippen molar-refractivity contribution in [3.8, 4) is 0 Å². The van der Waals surface area contributed by atoms with E-state index in [1.165, 1.54) is 18.2 Å². The maximum Gasteiger partial charge on any atom is 0.268 e. The number of hydrogen-bond donors (Lipinski definition) is 2. The molecule has 7 heteroatoms. The number of nitrogens with one attached hydrogen (secondary N) is 2. The minimum Gasteiger partial charge on any atom is -0.347 e. The fourth-order valence-electron chi connectivity index (χ4n) is 3.08. The van der Waals surface area contributed by atoms with E-state index in [9.17, 15) is 14.4 Å². The molecule has 0 bridgehead atoms. The average Bonchev–Trinajstić information content (AvgIpc) is 2.74. The summed E-state index contributed by atoms with van der Waals surface area (Å²) >= 11 is 6.12. The summed E-state index contributed by atoms with van der Waals surface area (Å²) < 4.78 is 1.15. The van der Waals surface area contributed by atoms with Crippen molar-refractivity contribution in [2.45, 2.75) is 32.9 Å². The van der Waals surface area contributed by atoms with E-state index in [1.54, 1.807) is 18.2 Å². The van der Waals surface area contributed by atoms with Gasteiger partial charge in [0.2, 0.25) is 5.91 Å². The molecule has 2 N–H and O–H groups in total. The van der Waals surface area contributed by atoms with E-state index in [0.717, 1.165) is 15.7 Å². The van der Waals surface area contributed by atoms with Crippen LogP contribution in [-0.4, -0.2) is 16.4 Å². The zero-order valence-electron chi connectivity index (χ0n) is 17.4. The fraction of sp³-hybridized carbons (Fsp3) is 0.208. The molecule has 0 aliphatic carbocycles. The Morgan fingerprint density at radius 2 is 1.68 bits per heavy atom. The van der Waals surface area contributed by atoms with E-state index in [-0.39, 0.29) is 18.8 Å². The van der Waals surface area contributed by atoms with Gasteiger partial charge in [-0.25, -0.2) is 0 Å².